The number of carbonyl (C=O) groups excluding carboxylic acids is 2. The van der Waals surface area contributed by atoms with E-state index >= 15 is 0 Å². The Balaban J connectivity index is 1.45. The molecule has 2 aromatic rings. The molecule has 180 valence electrons. The number of fused-ring (bicyclic) bond motifs is 3. The number of amides is 2. The minimum atomic E-state index is -1.23. The van der Waals surface area contributed by atoms with Crippen molar-refractivity contribution in [3.8, 4) is 11.1 Å². The smallest absolute Gasteiger partial charge is 0.408 e. The second kappa shape index (κ2) is 9.49. The first-order valence-electron chi connectivity index (χ1n) is 11.9. The SMILES string of the molecule is CCC(C)[C@H](NC(=O)C(C)(NC(=O)OCC1c2ccccc2-c2ccccc21)C1CC1)C(=O)O. The molecule has 0 saturated heterocycles. The fourth-order valence-electron chi connectivity index (χ4n) is 4.83. The normalized spacial score (nSPS) is 18.1. The Labute approximate surface area is 199 Å². The largest absolute Gasteiger partial charge is 0.480 e. The Morgan fingerprint density at radius 1 is 1.06 bits per heavy atom. The van der Waals surface area contributed by atoms with E-state index in [4.69, 9.17) is 4.74 Å². The van der Waals surface area contributed by atoms with Crippen molar-refractivity contribution in [1.82, 2.24) is 10.6 Å². The number of ether oxygens (including phenoxy) is 1. The zero-order chi connectivity index (χ0) is 24.5. The molecule has 0 aromatic heterocycles. The van der Waals surface area contributed by atoms with Gasteiger partial charge >= 0.3 is 12.1 Å². The van der Waals surface area contributed by atoms with Gasteiger partial charge in [0.05, 0.1) is 0 Å². The molecule has 3 atom stereocenters. The number of hydrogen-bond donors (Lipinski definition) is 3. The number of carboxylic acids is 1. The topological polar surface area (TPSA) is 105 Å². The van der Waals surface area contributed by atoms with Crippen molar-refractivity contribution >= 4 is 18.0 Å². The third-order valence-corrected chi connectivity index (χ3v) is 7.34. The summed E-state index contributed by atoms with van der Waals surface area (Å²) >= 11 is 0. The molecule has 1 fully saturated rings. The molecule has 34 heavy (non-hydrogen) atoms. The van der Waals surface area contributed by atoms with E-state index in [1.807, 2.05) is 43.3 Å². The Kier molecular flexibility index (Phi) is 6.64. The first-order chi connectivity index (χ1) is 16.3. The molecule has 0 bridgehead atoms. The molecule has 7 heteroatoms. The zero-order valence-corrected chi connectivity index (χ0v) is 19.8. The van der Waals surface area contributed by atoms with Gasteiger partial charge in [-0.05, 0) is 53.9 Å². The van der Waals surface area contributed by atoms with Gasteiger partial charge in [0.25, 0.3) is 0 Å². The Morgan fingerprint density at radius 3 is 2.12 bits per heavy atom. The van der Waals surface area contributed by atoms with E-state index in [1.54, 1.807) is 13.8 Å². The highest BCUT2D eigenvalue weighted by molar-refractivity contribution is 5.93. The third kappa shape index (κ3) is 4.52. The van der Waals surface area contributed by atoms with Crippen LogP contribution in [0.3, 0.4) is 0 Å². The van der Waals surface area contributed by atoms with Crippen molar-refractivity contribution in [2.75, 3.05) is 6.61 Å². The molecule has 0 aliphatic heterocycles. The molecular weight excluding hydrogens is 432 g/mol. The summed E-state index contributed by atoms with van der Waals surface area (Å²) in [5.74, 6) is -1.95. The van der Waals surface area contributed by atoms with Gasteiger partial charge in [-0.2, -0.15) is 0 Å². The monoisotopic (exact) mass is 464 g/mol. The summed E-state index contributed by atoms with van der Waals surface area (Å²) in [7, 11) is 0. The van der Waals surface area contributed by atoms with E-state index in [0.29, 0.717) is 6.42 Å². The Morgan fingerprint density at radius 2 is 1.62 bits per heavy atom. The molecule has 3 N–H and O–H groups in total. The number of rotatable bonds is 9. The van der Waals surface area contributed by atoms with Gasteiger partial charge in [-0.25, -0.2) is 9.59 Å². The molecule has 2 aliphatic carbocycles. The number of nitrogens with one attached hydrogen (secondary N) is 2. The van der Waals surface area contributed by atoms with Crippen LogP contribution in [-0.4, -0.2) is 41.3 Å². The predicted octanol–water partition coefficient (Wildman–Crippen LogP) is 4.31. The van der Waals surface area contributed by atoms with Gasteiger partial charge in [-0.3, -0.25) is 4.79 Å². The molecule has 7 nitrogen and oxygen atoms in total. The molecule has 4 rings (SSSR count). The first kappa shape index (κ1) is 23.8. The van der Waals surface area contributed by atoms with Crippen LogP contribution < -0.4 is 10.6 Å². The Hall–Kier alpha value is -3.35. The highest BCUT2D eigenvalue weighted by Crippen LogP contribution is 2.44. The fraction of sp³-hybridized carbons (Fsp3) is 0.444. The van der Waals surface area contributed by atoms with Crippen LogP contribution >= 0.6 is 0 Å². The van der Waals surface area contributed by atoms with Crippen LogP contribution in [0.5, 0.6) is 0 Å². The summed E-state index contributed by atoms with van der Waals surface area (Å²) in [5.41, 5.74) is 3.26. The van der Waals surface area contributed by atoms with Crippen LogP contribution in [0, 0.1) is 11.8 Å². The van der Waals surface area contributed by atoms with Gasteiger partial charge < -0.3 is 20.5 Å². The van der Waals surface area contributed by atoms with E-state index in [9.17, 15) is 19.5 Å². The standard InChI is InChI=1S/C27H32N2O5/c1-4-16(2)23(24(30)31)28-25(32)27(3,17-13-14-17)29-26(33)34-15-22-20-11-7-5-9-18(20)19-10-6-8-12-21(19)22/h5-12,16-17,22-23H,4,13-15H2,1-3H3,(H,28,32)(H,29,33)(H,30,31)/t16?,23-,27?/m0/s1. The molecule has 2 aromatic carbocycles. The van der Waals surface area contributed by atoms with Crippen LogP contribution in [0.4, 0.5) is 4.79 Å². The van der Waals surface area contributed by atoms with Crippen LogP contribution in [0.1, 0.15) is 57.1 Å². The molecule has 0 radical (unpaired) electrons. The lowest BCUT2D eigenvalue weighted by molar-refractivity contribution is -0.144. The van der Waals surface area contributed by atoms with Crippen molar-refractivity contribution in [1.29, 1.82) is 0 Å². The number of aliphatic carboxylic acids is 1. The summed E-state index contributed by atoms with van der Waals surface area (Å²) in [5, 5.41) is 15.0. The van der Waals surface area contributed by atoms with Crippen molar-refractivity contribution in [2.24, 2.45) is 11.8 Å². The quantitative estimate of drug-likeness (QED) is 0.513. The molecule has 2 aliphatic rings. The average molecular weight is 465 g/mol. The lowest BCUT2D eigenvalue weighted by Crippen LogP contribution is -2.61. The lowest BCUT2D eigenvalue weighted by Gasteiger charge is -2.32. The molecule has 1 saturated carbocycles. The van der Waals surface area contributed by atoms with E-state index in [-0.39, 0.29) is 24.4 Å². The minimum absolute atomic E-state index is 0.0561. The maximum Gasteiger partial charge on any atom is 0.408 e. The summed E-state index contributed by atoms with van der Waals surface area (Å²) in [6, 6.07) is 15.2. The molecule has 0 heterocycles. The minimum Gasteiger partial charge on any atom is -0.480 e. The second-order valence-corrected chi connectivity index (χ2v) is 9.60. The van der Waals surface area contributed by atoms with Crippen molar-refractivity contribution in [3.63, 3.8) is 0 Å². The van der Waals surface area contributed by atoms with Crippen LogP contribution in [0.15, 0.2) is 48.5 Å². The molecule has 0 spiro atoms. The van der Waals surface area contributed by atoms with Crippen LogP contribution in [-0.2, 0) is 14.3 Å². The zero-order valence-electron chi connectivity index (χ0n) is 19.8. The van der Waals surface area contributed by atoms with Crippen molar-refractivity contribution in [3.05, 3.63) is 59.7 Å². The Bertz CT molecular complexity index is 1050. The van der Waals surface area contributed by atoms with Gasteiger partial charge in [0.1, 0.15) is 18.2 Å². The van der Waals surface area contributed by atoms with Gasteiger partial charge in [0, 0.05) is 5.92 Å². The maximum absolute atomic E-state index is 13.2. The lowest BCUT2D eigenvalue weighted by atomic mass is 9.92. The average Bonchev–Trinajstić information content (AvgIpc) is 3.64. The van der Waals surface area contributed by atoms with Crippen LogP contribution in [0.25, 0.3) is 11.1 Å². The third-order valence-electron chi connectivity index (χ3n) is 7.34. The van der Waals surface area contributed by atoms with Gasteiger partial charge in [-0.1, -0.05) is 68.8 Å². The highest BCUT2D eigenvalue weighted by atomic mass is 16.5. The van der Waals surface area contributed by atoms with E-state index in [2.05, 4.69) is 22.8 Å². The maximum atomic E-state index is 13.2. The van der Waals surface area contributed by atoms with E-state index in [1.165, 1.54) is 0 Å². The number of alkyl carbamates (subject to hydrolysis) is 1. The van der Waals surface area contributed by atoms with Gasteiger partial charge in [0.2, 0.25) is 5.91 Å². The summed E-state index contributed by atoms with van der Waals surface area (Å²) in [6.07, 6.45) is 1.50. The second-order valence-electron chi connectivity index (χ2n) is 9.60. The first-order valence-corrected chi connectivity index (χ1v) is 11.9. The predicted molar refractivity (Wildman–Crippen MR) is 128 cm³/mol. The fourth-order valence-corrected chi connectivity index (χ4v) is 4.83. The van der Waals surface area contributed by atoms with Gasteiger partial charge in [0.15, 0.2) is 0 Å². The molecule has 2 unspecified atom stereocenters. The molecular formula is C27H32N2O5. The van der Waals surface area contributed by atoms with E-state index in [0.717, 1.165) is 35.1 Å². The van der Waals surface area contributed by atoms with Crippen molar-refractivity contribution in [2.45, 2.75) is 57.5 Å². The summed E-state index contributed by atoms with van der Waals surface area (Å²) in [4.78, 5) is 37.7. The van der Waals surface area contributed by atoms with Crippen molar-refractivity contribution < 1.29 is 24.2 Å². The number of carbonyl (C=O) groups is 3. The summed E-state index contributed by atoms with van der Waals surface area (Å²) < 4.78 is 5.64. The number of benzene rings is 2. The number of carboxylic acid groups (broad SMARTS) is 1. The highest BCUT2D eigenvalue weighted by Gasteiger charge is 2.49. The molecule has 2 amide bonds. The summed E-state index contributed by atoms with van der Waals surface area (Å²) in [6.45, 7) is 5.46. The van der Waals surface area contributed by atoms with Crippen LogP contribution in [0.2, 0.25) is 0 Å². The van der Waals surface area contributed by atoms with E-state index < -0.39 is 29.6 Å². The number of hydrogen-bond acceptors (Lipinski definition) is 4. The van der Waals surface area contributed by atoms with Gasteiger partial charge in [-0.15, -0.1) is 0 Å².